The van der Waals surface area contributed by atoms with Crippen LogP contribution in [0.15, 0.2) is 18.2 Å². The van der Waals surface area contributed by atoms with Crippen LogP contribution >= 0.6 is 11.6 Å². The van der Waals surface area contributed by atoms with Crippen LogP contribution in [0.5, 0.6) is 0 Å². The highest BCUT2D eigenvalue weighted by Crippen LogP contribution is 2.26. The van der Waals surface area contributed by atoms with Gasteiger partial charge >= 0.3 is 0 Å². The third-order valence-corrected chi connectivity index (χ3v) is 3.01. The van der Waals surface area contributed by atoms with Crippen LogP contribution < -0.4 is 10.6 Å². The highest BCUT2D eigenvalue weighted by atomic mass is 35.5. The van der Waals surface area contributed by atoms with Crippen molar-refractivity contribution in [2.75, 3.05) is 18.5 Å². The number of nitrogens with zero attached hydrogens (tertiary/aromatic N) is 2. The van der Waals surface area contributed by atoms with Crippen molar-refractivity contribution >= 4 is 17.3 Å². The maximum Gasteiger partial charge on any atom is 0.0671 e. The van der Waals surface area contributed by atoms with Gasteiger partial charge in [-0.05, 0) is 31.5 Å². The molecule has 0 amide bonds. The van der Waals surface area contributed by atoms with Gasteiger partial charge in [0.15, 0.2) is 0 Å². The van der Waals surface area contributed by atoms with E-state index in [0.29, 0.717) is 11.6 Å². The third kappa shape index (κ3) is 3.62. The van der Waals surface area contributed by atoms with Crippen molar-refractivity contribution in [3.63, 3.8) is 0 Å². The van der Waals surface area contributed by atoms with Gasteiger partial charge in [0.25, 0.3) is 0 Å². The Morgan fingerprint density at radius 2 is 2.12 bits per heavy atom. The molecule has 1 rings (SSSR count). The van der Waals surface area contributed by atoms with Crippen molar-refractivity contribution in [1.82, 2.24) is 0 Å². The molecule has 17 heavy (non-hydrogen) atoms. The Balaban J connectivity index is 2.87. The van der Waals surface area contributed by atoms with E-state index in [1.165, 1.54) is 0 Å². The second kappa shape index (κ2) is 5.90. The van der Waals surface area contributed by atoms with Crippen molar-refractivity contribution in [3.05, 3.63) is 28.8 Å². The number of hydrogen-bond donors (Lipinski definition) is 1. The topological polar surface area (TPSA) is 53.0 Å². The standard InChI is InChI=1S/C13H18ClN3/c1-9(7-15)8-17(3)11-4-5-12(10(2)16)13(14)6-11/h4-6,9-10H,8,16H2,1-3H3. The molecule has 0 saturated carbocycles. The molecule has 2 unspecified atom stereocenters. The molecule has 0 aliphatic carbocycles. The summed E-state index contributed by atoms with van der Waals surface area (Å²) in [6.45, 7) is 4.49. The Hall–Kier alpha value is -1.24. The van der Waals surface area contributed by atoms with Crippen molar-refractivity contribution in [3.8, 4) is 6.07 Å². The lowest BCUT2D eigenvalue weighted by Crippen LogP contribution is -2.23. The number of nitrogens with two attached hydrogens (primary N) is 1. The molecule has 0 aliphatic rings. The molecule has 0 spiro atoms. The van der Waals surface area contributed by atoms with E-state index >= 15 is 0 Å². The summed E-state index contributed by atoms with van der Waals surface area (Å²) in [6, 6.07) is 7.96. The molecule has 92 valence electrons. The van der Waals surface area contributed by atoms with Gasteiger partial charge in [-0.1, -0.05) is 17.7 Å². The van der Waals surface area contributed by atoms with Gasteiger partial charge in [-0.15, -0.1) is 0 Å². The molecule has 0 bridgehead atoms. The molecule has 1 aromatic rings. The fourth-order valence-electron chi connectivity index (χ4n) is 1.68. The van der Waals surface area contributed by atoms with E-state index in [-0.39, 0.29) is 12.0 Å². The van der Waals surface area contributed by atoms with Crippen LogP contribution in [0, 0.1) is 17.2 Å². The summed E-state index contributed by atoms with van der Waals surface area (Å²) in [5.41, 5.74) is 7.75. The first kappa shape index (κ1) is 13.8. The van der Waals surface area contributed by atoms with E-state index in [9.17, 15) is 0 Å². The fourth-order valence-corrected chi connectivity index (χ4v) is 2.03. The minimum Gasteiger partial charge on any atom is -0.373 e. The number of nitriles is 1. The largest absolute Gasteiger partial charge is 0.373 e. The minimum absolute atomic E-state index is 0.00751. The predicted octanol–water partition coefficient (Wildman–Crippen LogP) is 2.96. The average molecular weight is 252 g/mol. The molecular formula is C13H18ClN3. The lowest BCUT2D eigenvalue weighted by Gasteiger charge is -2.21. The second-order valence-electron chi connectivity index (χ2n) is 4.41. The molecule has 1 aromatic carbocycles. The quantitative estimate of drug-likeness (QED) is 0.895. The average Bonchev–Trinajstić information content (AvgIpc) is 2.28. The van der Waals surface area contributed by atoms with Crippen LogP contribution in [0.1, 0.15) is 25.5 Å². The first-order valence-corrected chi connectivity index (χ1v) is 5.99. The number of halogens is 1. The SMILES string of the molecule is CC(C#N)CN(C)c1ccc(C(C)N)c(Cl)c1. The van der Waals surface area contributed by atoms with Gasteiger partial charge in [-0.3, -0.25) is 0 Å². The zero-order chi connectivity index (χ0) is 13.0. The molecule has 0 aliphatic heterocycles. The minimum atomic E-state index is -0.0695. The Morgan fingerprint density at radius 3 is 2.59 bits per heavy atom. The van der Waals surface area contributed by atoms with Gasteiger partial charge < -0.3 is 10.6 Å². The predicted molar refractivity (Wildman–Crippen MR) is 72.1 cm³/mol. The van der Waals surface area contributed by atoms with Crippen molar-refractivity contribution in [2.45, 2.75) is 19.9 Å². The maximum atomic E-state index is 8.78. The summed E-state index contributed by atoms with van der Waals surface area (Å²) in [7, 11) is 1.95. The van der Waals surface area contributed by atoms with Crippen LogP contribution in [0.2, 0.25) is 5.02 Å². The van der Waals surface area contributed by atoms with Gasteiger partial charge in [-0.2, -0.15) is 5.26 Å². The van der Waals surface area contributed by atoms with Gasteiger partial charge in [-0.25, -0.2) is 0 Å². The van der Waals surface area contributed by atoms with E-state index in [2.05, 4.69) is 6.07 Å². The zero-order valence-electron chi connectivity index (χ0n) is 10.4. The summed E-state index contributed by atoms with van der Waals surface area (Å²) < 4.78 is 0. The summed E-state index contributed by atoms with van der Waals surface area (Å²) in [5.74, 6) is -0.00751. The molecule has 0 fully saturated rings. The van der Waals surface area contributed by atoms with Gasteiger partial charge in [0.1, 0.15) is 0 Å². The number of anilines is 1. The van der Waals surface area contributed by atoms with Crippen LogP contribution in [0.4, 0.5) is 5.69 Å². The maximum absolute atomic E-state index is 8.78. The van der Waals surface area contributed by atoms with Crippen molar-refractivity contribution in [1.29, 1.82) is 5.26 Å². The number of benzene rings is 1. The summed E-state index contributed by atoms with van der Waals surface area (Å²) in [6.07, 6.45) is 0. The molecule has 0 aromatic heterocycles. The monoisotopic (exact) mass is 251 g/mol. The first-order chi connectivity index (χ1) is 7.95. The summed E-state index contributed by atoms with van der Waals surface area (Å²) >= 11 is 6.17. The van der Waals surface area contributed by atoms with Crippen molar-refractivity contribution in [2.24, 2.45) is 11.7 Å². The Labute approximate surface area is 108 Å². The molecule has 2 N–H and O–H groups in total. The van der Waals surface area contributed by atoms with Crippen molar-refractivity contribution < 1.29 is 0 Å². The Kier molecular flexibility index (Phi) is 4.80. The molecule has 2 atom stereocenters. The highest BCUT2D eigenvalue weighted by molar-refractivity contribution is 6.31. The Morgan fingerprint density at radius 1 is 1.47 bits per heavy atom. The third-order valence-electron chi connectivity index (χ3n) is 2.68. The van der Waals surface area contributed by atoms with E-state index in [1.807, 2.05) is 44.0 Å². The van der Waals surface area contributed by atoms with Gasteiger partial charge in [0.2, 0.25) is 0 Å². The van der Waals surface area contributed by atoms with E-state index in [0.717, 1.165) is 11.3 Å². The lowest BCUT2D eigenvalue weighted by molar-refractivity contribution is 0.716. The number of rotatable bonds is 4. The zero-order valence-corrected chi connectivity index (χ0v) is 11.2. The highest BCUT2D eigenvalue weighted by Gasteiger charge is 2.10. The molecular weight excluding hydrogens is 234 g/mol. The molecule has 3 nitrogen and oxygen atoms in total. The van der Waals surface area contributed by atoms with Crippen LogP contribution in [-0.2, 0) is 0 Å². The summed E-state index contributed by atoms with van der Waals surface area (Å²) in [5, 5.41) is 9.46. The second-order valence-corrected chi connectivity index (χ2v) is 4.81. The summed E-state index contributed by atoms with van der Waals surface area (Å²) in [4.78, 5) is 2.02. The molecule has 0 radical (unpaired) electrons. The molecule has 4 heteroatoms. The Bertz CT molecular complexity index is 423. The van der Waals surface area contributed by atoms with E-state index in [4.69, 9.17) is 22.6 Å². The van der Waals surface area contributed by atoms with Gasteiger partial charge in [0, 0.05) is 30.3 Å². The van der Waals surface area contributed by atoms with Gasteiger partial charge in [0.05, 0.1) is 12.0 Å². The molecule has 0 heterocycles. The van der Waals surface area contributed by atoms with Crippen LogP contribution in [0.25, 0.3) is 0 Å². The molecule has 0 saturated heterocycles. The lowest BCUT2D eigenvalue weighted by atomic mass is 10.1. The normalized spacial score (nSPS) is 13.9. The smallest absolute Gasteiger partial charge is 0.0671 e. The van der Waals surface area contributed by atoms with E-state index < -0.39 is 0 Å². The fraction of sp³-hybridized carbons (Fsp3) is 0.462. The van der Waals surface area contributed by atoms with Crippen LogP contribution in [0.3, 0.4) is 0 Å². The van der Waals surface area contributed by atoms with Crippen LogP contribution in [-0.4, -0.2) is 13.6 Å². The number of hydrogen-bond acceptors (Lipinski definition) is 3. The van der Waals surface area contributed by atoms with E-state index in [1.54, 1.807) is 0 Å². The first-order valence-electron chi connectivity index (χ1n) is 5.61.